The molecule has 0 saturated carbocycles. The zero-order valence-electron chi connectivity index (χ0n) is 12.9. The van der Waals surface area contributed by atoms with Gasteiger partial charge in [-0.25, -0.2) is 4.39 Å². The van der Waals surface area contributed by atoms with Gasteiger partial charge in [-0.15, -0.1) is 0 Å². The lowest BCUT2D eigenvalue weighted by Crippen LogP contribution is -2.25. The van der Waals surface area contributed by atoms with E-state index in [4.69, 9.17) is 9.84 Å². The van der Waals surface area contributed by atoms with Gasteiger partial charge in [-0.1, -0.05) is 12.1 Å². The van der Waals surface area contributed by atoms with Crippen molar-refractivity contribution in [1.82, 2.24) is 15.1 Å². The number of ether oxygens (including phenoxy) is 1. The molecule has 0 bridgehead atoms. The van der Waals surface area contributed by atoms with Crippen LogP contribution < -0.4 is 5.32 Å². The standard InChI is InChI=1S/C17H22FN3O/c1-22-9-8-21-12-14-5-3-7-16(17(14)20-21)19-11-13-4-2-6-15(18)10-13/h2,4,6,10,12,16,19H,3,5,7-9,11H2,1H3/t16-/m1/s1. The molecule has 1 aromatic carbocycles. The maximum atomic E-state index is 13.2. The highest BCUT2D eigenvalue weighted by Crippen LogP contribution is 2.28. The van der Waals surface area contributed by atoms with Crippen LogP contribution >= 0.6 is 0 Å². The molecule has 5 heteroatoms. The third-order valence-electron chi connectivity index (χ3n) is 4.11. The quantitative estimate of drug-likeness (QED) is 0.892. The second-order valence-electron chi connectivity index (χ2n) is 5.75. The second kappa shape index (κ2) is 7.03. The molecule has 1 atom stereocenters. The first-order chi connectivity index (χ1) is 10.8. The molecule has 1 aliphatic rings. The number of halogens is 1. The highest BCUT2D eigenvalue weighted by Gasteiger charge is 2.23. The number of benzene rings is 1. The first-order valence-electron chi connectivity index (χ1n) is 7.79. The van der Waals surface area contributed by atoms with E-state index in [1.807, 2.05) is 10.7 Å². The summed E-state index contributed by atoms with van der Waals surface area (Å²) in [5.74, 6) is -0.188. The Hall–Kier alpha value is -1.72. The molecule has 0 saturated heterocycles. The van der Waals surface area contributed by atoms with Gasteiger partial charge in [0.2, 0.25) is 0 Å². The molecule has 1 heterocycles. The van der Waals surface area contributed by atoms with E-state index in [0.717, 1.165) is 37.1 Å². The summed E-state index contributed by atoms with van der Waals surface area (Å²) >= 11 is 0. The predicted molar refractivity (Wildman–Crippen MR) is 83.0 cm³/mol. The Morgan fingerprint density at radius 1 is 1.45 bits per heavy atom. The molecule has 2 aromatic rings. The van der Waals surface area contributed by atoms with E-state index < -0.39 is 0 Å². The van der Waals surface area contributed by atoms with Gasteiger partial charge in [0.15, 0.2) is 0 Å². The van der Waals surface area contributed by atoms with Gasteiger partial charge in [-0.05, 0) is 42.5 Å². The van der Waals surface area contributed by atoms with Gasteiger partial charge < -0.3 is 10.1 Å². The minimum atomic E-state index is -0.188. The highest BCUT2D eigenvalue weighted by molar-refractivity contribution is 5.24. The number of rotatable bonds is 6. The Kier molecular flexibility index (Phi) is 4.85. The molecule has 0 unspecified atom stereocenters. The van der Waals surface area contributed by atoms with Gasteiger partial charge in [0, 0.05) is 19.9 Å². The van der Waals surface area contributed by atoms with Crippen molar-refractivity contribution in [2.24, 2.45) is 0 Å². The topological polar surface area (TPSA) is 39.1 Å². The molecule has 0 fully saturated rings. The normalized spacial score (nSPS) is 17.5. The summed E-state index contributed by atoms with van der Waals surface area (Å²) < 4.78 is 20.3. The molecule has 1 aliphatic carbocycles. The number of fused-ring (bicyclic) bond motifs is 1. The molecular formula is C17H22FN3O. The SMILES string of the molecule is COCCn1cc2c(n1)[C@H](NCc1cccc(F)c1)CCC2. The summed E-state index contributed by atoms with van der Waals surface area (Å²) in [6.45, 7) is 2.11. The molecule has 0 spiro atoms. The maximum absolute atomic E-state index is 13.2. The third-order valence-corrected chi connectivity index (χ3v) is 4.11. The Bertz CT molecular complexity index is 626. The van der Waals surface area contributed by atoms with Crippen molar-refractivity contribution in [1.29, 1.82) is 0 Å². The summed E-state index contributed by atoms with van der Waals surface area (Å²) in [5.41, 5.74) is 3.42. The third kappa shape index (κ3) is 3.54. The van der Waals surface area contributed by atoms with Gasteiger partial charge in [-0.3, -0.25) is 4.68 Å². The number of nitrogens with one attached hydrogen (secondary N) is 1. The number of aromatic nitrogens is 2. The van der Waals surface area contributed by atoms with Gasteiger partial charge >= 0.3 is 0 Å². The minimum Gasteiger partial charge on any atom is -0.383 e. The van der Waals surface area contributed by atoms with Crippen LogP contribution in [-0.4, -0.2) is 23.5 Å². The van der Waals surface area contributed by atoms with E-state index in [-0.39, 0.29) is 11.9 Å². The molecule has 4 nitrogen and oxygen atoms in total. The molecule has 1 aromatic heterocycles. The molecule has 22 heavy (non-hydrogen) atoms. The zero-order valence-corrected chi connectivity index (χ0v) is 12.9. The lowest BCUT2D eigenvalue weighted by Gasteiger charge is -2.22. The van der Waals surface area contributed by atoms with Crippen molar-refractivity contribution < 1.29 is 9.13 Å². The zero-order chi connectivity index (χ0) is 15.4. The first kappa shape index (κ1) is 15.2. The maximum Gasteiger partial charge on any atom is 0.123 e. The van der Waals surface area contributed by atoms with E-state index in [2.05, 4.69) is 11.5 Å². The van der Waals surface area contributed by atoms with Gasteiger partial charge in [-0.2, -0.15) is 5.10 Å². The Morgan fingerprint density at radius 3 is 3.18 bits per heavy atom. The van der Waals surface area contributed by atoms with Crippen molar-refractivity contribution in [2.45, 2.75) is 38.4 Å². The fourth-order valence-electron chi connectivity index (χ4n) is 2.98. The van der Waals surface area contributed by atoms with E-state index in [1.54, 1.807) is 19.2 Å². The smallest absolute Gasteiger partial charge is 0.123 e. The fraction of sp³-hybridized carbons (Fsp3) is 0.471. The van der Waals surface area contributed by atoms with Crippen LogP contribution in [0.15, 0.2) is 30.5 Å². The molecular weight excluding hydrogens is 281 g/mol. The van der Waals surface area contributed by atoms with Crippen LogP contribution in [0.25, 0.3) is 0 Å². The van der Waals surface area contributed by atoms with E-state index in [0.29, 0.717) is 13.2 Å². The van der Waals surface area contributed by atoms with Gasteiger partial charge in [0.25, 0.3) is 0 Å². The van der Waals surface area contributed by atoms with Crippen molar-refractivity contribution in [3.8, 4) is 0 Å². The van der Waals surface area contributed by atoms with Crippen LogP contribution in [0.2, 0.25) is 0 Å². The van der Waals surface area contributed by atoms with Gasteiger partial charge in [0.1, 0.15) is 5.82 Å². The van der Waals surface area contributed by atoms with Crippen molar-refractivity contribution in [3.63, 3.8) is 0 Å². The molecule has 1 N–H and O–H groups in total. The Balaban J connectivity index is 1.67. The summed E-state index contributed by atoms with van der Waals surface area (Å²) in [7, 11) is 1.70. The lowest BCUT2D eigenvalue weighted by molar-refractivity contribution is 0.183. The van der Waals surface area contributed by atoms with Crippen LogP contribution in [0.1, 0.15) is 35.7 Å². The van der Waals surface area contributed by atoms with Crippen LogP contribution in [0.4, 0.5) is 4.39 Å². The number of hydrogen-bond donors (Lipinski definition) is 1. The lowest BCUT2D eigenvalue weighted by atomic mass is 9.93. The van der Waals surface area contributed by atoms with E-state index >= 15 is 0 Å². The van der Waals surface area contributed by atoms with Gasteiger partial charge in [0.05, 0.1) is 24.9 Å². The van der Waals surface area contributed by atoms with Crippen molar-refractivity contribution >= 4 is 0 Å². The number of nitrogens with zero attached hydrogens (tertiary/aromatic N) is 2. The van der Waals surface area contributed by atoms with Crippen LogP contribution in [-0.2, 0) is 24.2 Å². The molecule has 118 valence electrons. The highest BCUT2D eigenvalue weighted by atomic mass is 19.1. The second-order valence-corrected chi connectivity index (χ2v) is 5.75. The van der Waals surface area contributed by atoms with Crippen molar-refractivity contribution in [2.75, 3.05) is 13.7 Å². The molecule has 0 amide bonds. The number of methoxy groups -OCH3 is 1. The largest absolute Gasteiger partial charge is 0.383 e. The van der Waals surface area contributed by atoms with Crippen molar-refractivity contribution in [3.05, 3.63) is 53.1 Å². The fourth-order valence-corrected chi connectivity index (χ4v) is 2.98. The average Bonchev–Trinajstić information content (AvgIpc) is 2.94. The van der Waals surface area contributed by atoms with Crippen LogP contribution in [0.3, 0.4) is 0 Å². The Morgan fingerprint density at radius 2 is 2.36 bits per heavy atom. The van der Waals surface area contributed by atoms with E-state index in [1.165, 1.54) is 11.6 Å². The first-order valence-corrected chi connectivity index (χ1v) is 7.79. The van der Waals surface area contributed by atoms with Crippen LogP contribution in [0, 0.1) is 5.82 Å². The molecule has 0 aliphatic heterocycles. The summed E-state index contributed by atoms with van der Waals surface area (Å²) in [4.78, 5) is 0. The summed E-state index contributed by atoms with van der Waals surface area (Å²) in [6, 6.07) is 6.98. The Labute approximate surface area is 130 Å². The van der Waals surface area contributed by atoms with Crippen LogP contribution in [0.5, 0.6) is 0 Å². The summed E-state index contributed by atoms with van der Waals surface area (Å²) in [6.07, 6.45) is 5.44. The minimum absolute atomic E-state index is 0.188. The predicted octanol–water partition coefficient (Wildman–Crippen LogP) is 2.84. The summed E-state index contributed by atoms with van der Waals surface area (Å²) in [5, 5.41) is 8.22. The molecule has 3 rings (SSSR count). The number of aryl methyl sites for hydroxylation is 1. The van der Waals surface area contributed by atoms with E-state index in [9.17, 15) is 4.39 Å². The monoisotopic (exact) mass is 303 g/mol. The molecule has 0 radical (unpaired) electrons. The average molecular weight is 303 g/mol. The number of hydrogen-bond acceptors (Lipinski definition) is 3.